The van der Waals surface area contributed by atoms with Gasteiger partial charge in [0.1, 0.15) is 0 Å². The van der Waals surface area contributed by atoms with Crippen molar-refractivity contribution in [1.29, 1.82) is 0 Å². The van der Waals surface area contributed by atoms with E-state index in [2.05, 4.69) is 15.2 Å². The molecular formula is C22H24N4O4. The Morgan fingerprint density at radius 2 is 1.77 bits per heavy atom. The number of hydrogen-bond donors (Lipinski definition) is 2. The minimum Gasteiger partial charge on any atom is -0.379 e. The van der Waals surface area contributed by atoms with Crippen LogP contribution in [0.1, 0.15) is 16.8 Å². The number of nitrogens with zero attached hydrogens (tertiary/aromatic N) is 2. The van der Waals surface area contributed by atoms with Crippen LogP contribution in [0.4, 0.5) is 0 Å². The largest absolute Gasteiger partial charge is 0.379 e. The number of fused-ring (bicyclic) bond motifs is 1. The van der Waals surface area contributed by atoms with Crippen LogP contribution in [-0.4, -0.2) is 59.8 Å². The number of amides is 1. The zero-order chi connectivity index (χ0) is 20.9. The predicted molar refractivity (Wildman–Crippen MR) is 114 cm³/mol. The number of rotatable bonds is 6. The lowest BCUT2D eigenvalue weighted by Crippen LogP contribution is -2.38. The molecule has 0 saturated carbocycles. The number of morpholine rings is 1. The van der Waals surface area contributed by atoms with E-state index in [1.165, 1.54) is 4.57 Å². The van der Waals surface area contributed by atoms with Crippen LogP contribution in [-0.2, 0) is 4.74 Å². The van der Waals surface area contributed by atoms with Crippen LogP contribution in [0.3, 0.4) is 0 Å². The molecule has 1 aromatic heterocycles. The van der Waals surface area contributed by atoms with Crippen LogP contribution < -0.4 is 16.4 Å². The number of H-pyrrole nitrogens is 1. The topological polar surface area (TPSA) is 96.4 Å². The summed E-state index contributed by atoms with van der Waals surface area (Å²) in [4.78, 5) is 41.8. The van der Waals surface area contributed by atoms with Gasteiger partial charge >= 0.3 is 11.1 Å². The van der Waals surface area contributed by atoms with Gasteiger partial charge in [0.15, 0.2) is 0 Å². The van der Waals surface area contributed by atoms with E-state index in [0.717, 1.165) is 39.3 Å². The van der Waals surface area contributed by atoms with E-state index in [9.17, 15) is 14.4 Å². The summed E-state index contributed by atoms with van der Waals surface area (Å²) >= 11 is 0. The van der Waals surface area contributed by atoms with Crippen LogP contribution in [0.25, 0.3) is 16.7 Å². The smallest absolute Gasteiger partial charge is 0.321 e. The molecule has 4 rings (SSSR count). The number of aromatic amines is 1. The highest BCUT2D eigenvalue weighted by Crippen LogP contribution is 2.14. The first-order chi connectivity index (χ1) is 14.6. The van der Waals surface area contributed by atoms with Crippen molar-refractivity contribution in [2.45, 2.75) is 6.42 Å². The lowest BCUT2D eigenvalue weighted by Gasteiger charge is -2.26. The average molecular weight is 408 g/mol. The van der Waals surface area contributed by atoms with Gasteiger partial charge in [-0.05, 0) is 49.4 Å². The molecule has 3 aromatic rings. The Balaban J connectivity index is 1.44. The fourth-order valence-electron chi connectivity index (χ4n) is 3.61. The molecule has 2 heterocycles. The molecule has 1 amide bonds. The van der Waals surface area contributed by atoms with E-state index in [1.54, 1.807) is 48.5 Å². The minimum atomic E-state index is -0.684. The fourth-order valence-corrected chi connectivity index (χ4v) is 3.61. The predicted octanol–water partition coefficient (Wildman–Crippen LogP) is 1.13. The van der Waals surface area contributed by atoms with Crippen LogP contribution in [0.5, 0.6) is 0 Å². The number of carbonyl (C=O) groups is 1. The number of para-hydroxylation sites is 2. The molecular weight excluding hydrogens is 384 g/mol. The molecule has 156 valence electrons. The Bertz CT molecular complexity index is 1140. The van der Waals surface area contributed by atoms with E-state index in [-0.39, 0.29) is 5.91 Å². The standard InChI is InChI=1S/C22H24N4O4/c27-20(23-10-3-11-25-12-14-30-15-13-25)16-6-8-17(9-7-16)26-19-5-2-1-4-18(19)24-21(28)22(26)29/h1-2,4-9H,3,10-15H2,(H,23,27)(H,24,28). The Morgan fingerprint density at radius 3 is 2.53 bits per heavy atom. The Labute approximate surface area is 173 Å². The monoisotopic (exact) mass is 408 g/mol. The Morgan fingerprint density at radius 1 is 1.03 bits per heavy atom. The van der Waals surface area contributed by atoms with Gasteiger partial charge in [-0.2, -0.15) is 0 Å². The molecule has 0 unspecified atom stereocenters. The summed E-state index contributed by atoms with van der Waals surface area (Å²) < 4.78 is 6.69. The van der Waals surface area contributed by atoms with Gasteiger partial charge in [0.25, 0.3) is 5.91 Å². The summed E-state index contributed by atoms with van der Waals surface area (Å²) in [5, 5.41) is 2.93. The van der Waals surface area contributed by atoms with Crippen molar-refractivity contribution in [3.8, 4) is 5.69 Å². The molecule has 2 N–H and O–H groups in total. The molecule has 0 bridgehead atoms. The molecule has 1 fully saturated rings. The van der Waals surface area contributed by atoms with E-state index < -0.39 is 11.1 Å². The highest BCUT2D eigenvalue weighted by atomic mass is 16.5. The first kappa shape index (κ1) is 20.1. The molecule has 0 aliphatic carbocycles. The second-order valence-corrected chi connectivity index (χ2v) is 7.22. The number of carbonyl (C=O) groups excluding carboxylic acids is 1. The van der Waals surface area contributed by atoms with Gasteiger partial charge < -0.3 is 15.0 Å². The fraction of sp³-hybridized carbons (Fsp3) is 0.318. The zero-order valence-electron chi connectivity index (χ0n) is 16.6. The molecule has 0 atom stereocenters. The SMILES string of the molecule is O=C(NCCCN1CCOCC1)c1ccc(-n2c(=O)c(=O)[nH]c3ccccc32)cc1. The van der Waals surface area contributed by atoms with Crippen LogP contribution >= 0.6 is 0 Å². The maximum Gasteiger partial charge on any atom is 0.321 e. The molecule has 1 aliphatic rings. The number of nitrogens with one attached hydrogen (secondary N) is 2. The van der Waals surface area contributed by atoms with Gasteiger partial charge in [-0.25, -0.2) is 0 Å². The van der Waals surface area contributed by atoms with Gasteiger partial charge in [-0.15, -0.1) is 0 Å². The molecule has 8 nitrogen and oxygen atoms in total. The summed E-state index contributed by atoms with van der Waals surface area (Å²) in [6.45, 7) is 4.93. The highest BCUT2D eigenvalue weighted by molar-refractivity contribution is 5.94. The Hall–Kier alpha value is -3.23. The third-order valence-electron chi connectivity index (χ3n) is 5.22. The first-order valence-corrected chi connectivity index (χ1v) is 10.1. The van der Waals surface area contributed by atoms with Crippen molar-refractivity contribution in [1.82, 2.24) is 19.8 Å². The Kier molecular flexibility index (Phi) is 6.06. The summed E-state index contributed by atoms with van der Waals surface area (Å²) in [5.74, 6) is -0.161. The summed E-state index contributed by atoms with van der Waals surface area (Å²) in [6.07, 6.45) is 0.873. The summed E-state index contributed by atoms with van der Waals surface area (Å²) in [6, 6.07) is 13.8. The zero-order valence-corrected chi connectivity index (χ0v) is 16.6. The second kappa shape index (κ2) is 9.06. The lowest BCUT2D eigenvalue weighted by molar-refractivity contribution is 0.0374. The van der Waals surface area contributed by atoms with Crippen molar-refractivity contribution in [3.05, 3.63) is 74.8 Å². The van der Waals surface area contributed by atoms with Crippen molar-refractivity contribution in [2.24, 2.45) is 0 Å². The first-order valence-electron chi connectivity index (χ1n) is 10.1. The third-order valence-corrected chi connectivity index (χ3v) is 5.22. The maximum absolute atomic E-state index is 12.4. The van der Waals surface area contributed by atoms with Crippen molar-refractivity contribution in [3.63, 3.8) is 0 Å². The lowest BCUT2D eigenvalue weighted by atomic mass is 10.2. The molecule has 8 heteroatoms. The van der Waals surface area contributed by atoms with E-state index in [4.69, 9.17) is 4.74 Å². The summed E-state index contributed by atoms with van der Waals surface area (Å²) in [5.41, 5.74) is 0.870. The van der Waals surface area contributed by atoms with Crippen LogP contribution in [0.2, 0.25) is 0 Å². The quantitative estimate of drug-likeness (QED) is 0.471. The van der Waals surface area contributed by atoms with Crippen molar-refractivity contribution < 1.29 is 9.53 Å². The van der Waals surface area contributed by atoms with Crippen LogP contribution in [0, 0.1) is 0 Å². The van der Waals surface area contributed by atoms with E-state index in [0.29, 0.717) is 28.8 Å². The van der Waals surface area contributed by atoms with Crippen molar-refractivity contribution >= 4 is 16.9 Å². The molecule has 2 aromatic carbocycles. The highest BCUT2D eigenvalue weighted by Gasteiger charge is 2.12. The van der Waals surface area contributed by atoms with E-state index >= 15 is 0 Å². The number of ether oxygens (including phenoxy) is 1. The number of benzene rings is 2. The number of aromatic nitrogens is 2. The molecule has 0 spiro atoms. The van der Waals surface area contributed by atoms with Gasteiger partial charge in [0.2, 0.25) is 0 Å². The van der Waals surface area contributed by atoms with Gasteiger partial charge in [0.05, 0.1) is 24.2 Å². The van der Waals surface area contributed by atoms with Gasteiger partial charge in [-0.3, -0.25) is 23.9 Å². The van der Waals surface area contributed by atoms with Gasteiger partial charge in [0, 0.05) is 30.9 Å². The second-order valence-electron chi connectivity index (χ2n) is 7.22. The maximum atomic E-state index is 12.4. The molecule has 1 saturated heterocycles. The average Bonchev–Trinajstić information content (AvgIpc) is 2.78. The molecule has 0 radical (unpaired) electrons. The van der Waals surface area contributed by atoms with Gasteiger partial charge in [-0.1, -0.05) is 12.1 Å². The minimum absolute atomic E-state index is 0.161. The van der Waals surface area contributed by atoms with E-state index in [1.807, 2.05) is 0 Å². The summed E-state index contributed by atoms with van der Waals surface area (Å²) in [7, 11) is 0. The van der Waals surface area contributed by atoms with Crippen molar-refractivity contribution in [2.75, 3.05) is 39.4 Å². The normalized spacial score (nSPS) is 14.7. The molecule has 30 heavy (non-hydrogen) atoms. The number of hydrogen-bond acceptors (Lipinski definition) is 5. The third kappa shape index (κ3) is 4.34. The van der Waals surface area contributed by atoms with Crippen LogP contribution in [0.15, 0.2) is 58.1 Å². The molecule has 1 aliphatic heterocycles.